The summed E-state index contributed by atoms with van der Waals surface area (Å²) in [4.78, 5) is 0. The van der Waals surface area contributed by atoms with Crippen molar-refractivity contribution in [1.82, 2.24) is 0 Å². The summed E-state index contributed by atoms with van der Waals surface area (Å²) >= 11 is 0. The number of rotatable bonds is 3. The first kappa shape index (κ1) is 12.9. The Morgan fingerprint density at radius 3 is 2.79 bits per heavy atom. The zero-order valence-electron chi connectivity index (χ0n) is 10.5. The molecule has 0 saturated heterocycles. The minimum absolute atomic E-state index is 0.191. The summed E-state index contributed by atoms with van der Waals surface area (Å²) in [7, 11) is 0. The lowest BCUT2D eigenvalue weighted by molar-refractivity contribution is 0.303. The van der Waals surface area contributed by atoms with Gasteiger partial charge in [-0.3, -0.25) is 0 Å². The fourth-order valence-electron chi connectivity index (χ4n) is 1.73. The molecule has 0 unspecified atom stereocenters. The maximum atomic E-state index is 13.3. The molecular formula is C15H13FN2O. The van der Waals surface area contributed by atoms with Crippen LogP contribution < -0.4 is 10.5 Å². The molecule has 0 atom stereocenters. The fraction of sp³-hybridized carbons (Fsp3) is 0.133. The number of benzene rings is 2. The molecule has 2 aromatic carbocycles. The molecule has 0 aromatic heterocycles. The maximum absolute atomic E-state index is 13.3. The van der Waals surface area contributed by atoms with Crippen LogP contribution in [0.15, 0.2) is 36.4 Å². The van der Waals surface area contributed by atoms with Crippen molar-refractivity contribution in [3.05, 3.63) is 58.9 Å². The summed E-state index contributed by atoms with van der Waals surface area (Å²) in [5.74, 6) is 0.213. The van der Waals surface area contributed by atoms with E-state index in [4.69, 9.17) is 15.7 Å². The van der Waals surface area contributed by atoms with E-state index in [2.05, 4.69) is 0 Å². The van der Waals surface area contributed by atoms with Gasteiger partial charge in [0.1, 0.15) is 18.2 Å². The molecule has 2 N–H and O–H groups in total. The minimum atomic E-state index is -0.443. The lowest BCUT2D eigenvalue weighted by Gasteiger charge is -2.10. The molecule has 4 heteroatoms. The monoisotopic (exact) mass is 256 g/mol. The van der Waals surface area contributed by atoms with Crippen LogP contribution >= 0.6 is 0 Å². The number of nitrogens with zero attached hydrogens (tertiary/aromatic N) is 1. The van der Waals surface area contributed by atoms with Crippen molar-refractivity contribution in [2.24, 2.45) is 0 Å². The Morgan fingerprint density at radius 1 is 1.26 bits per heavy atom. The van der Waals surface area contributed by atoms with Gasteiger partial charge in [0.05, 0.1) is 11.6 Å². The van der Waals surface area contributed by atoms with E-state index in [0.29, 0.717) is 17.0 Å². The Morgan fingerprint density at radius 2 is 2.05 bits per heavy atom. The molecule has 3 nitrogen and oxygen atoms in total. The van der Waals surface area contributed by atoms with Crippen molar-refractivity contribution < 1.29 is 9.13 Å². The van der Waals surface area contributed by atoms with Gasteiger partial charge in [-0.25, -0.2) is 4.39 Å². The summed E-state index contributed by atoms with van der Waals surface area (Å²) in [5, 5.41) is 8.78. The highest BCUT2D eigenvalue weighted by atomic mass is 19.1. The molecule has 0 spiro atoms. The van der Waals surface area contributed by atoms with Crippen LogP contribution in [0.3, 0.4) is 0 Å². The molecule has 0 aliphatic carbocycles. The number of ether oxygens (including phenoxy) is 1. The molecule has 0 saturated carbocycles. The number of halogens is 1. The SMILES string of the molecule is Cc1ccc(N)cc1OCc1cc(F)cc(C#N)c1. The van der Waals surface area contributed by atoms with Crippen LogP contribution in [0.4, 0.5) is 10.1 Å². The Labute approximate surface area is 111 Å². The number of nitrogen functional groups attached to an aromatic ring is 1. The zero-order chi connectivity index (χ0) is 13.8. The molecule has 0 aliphatic heterocycles. The van der Waals surface area contributed by atoms with Gasteiger partial charge in [-0.2, -0.15) is 5.26 Å². The number of hydrogen-bond donors (Lipinski definition) is 1. The number of aryl methyl sites for hydroxylation is 1. The Bertz CT molecular complexity index is 647. The summed E-state index contributed by atoms with van der Waals surface area (Å²) in [6.07, 6.45) is 0. The third kappa shape index (κ3) is 3.23. The molecule has 19 heavy (non-hydrogen) atoms. The standard InChI is InChI=1S/C15H13FN2O/c1-10-2-3-14(18)7-15(10)19-9-12-4-11(8-17)5-13(16)6-12/h2-7H,9,18H2,1H3. The minimum Gasteiger partial charge on any atom is -0.489 e. The third-order valence-corrected chi connectivity index (χ3v) is 2.69. The van der Waals surface area contributed by atoms with Gasteiger partial charge in [0.25, 0.3) is 0 Å². The molecule has 0 heterocycles. The van der Waals surface area contributed by atoms with E-state index in [1.54, 1.807) is 18.2 Å². The normalized spacial score (nSPS) is 9.95. The van der Waals surface area contributed by atoms with Crippen LogP contribution in [0.2, 0.25) is 0 Å². The molecule has 2 aromatic rings. The van der Waals surface area contributed by atoms with Gasteiger partial charge in [0, 0.05) is 11.8 Å². The number of nitriles is 1. The average Bonchev–Trinajstić information content (AvgIpc) is 2.39. The van der Waals surface area contributed by atoms with Gasteiger partial charge in [-0.15, -0.1) is 0 Å². The quantitative estimate of drug-likeness (QED) is 0.858. The molecule has 0 fully saturated rings. The molecule has 0 amide bonds. The lowest BCUT2D eigenvalue weighted by atomic mass is 10.1. The van der Waals surface area contributed by atoms with Crippen molar-refractivity contribution in [2.45, 2.75) is 13.5 Å². The highest BCUT2D eigenvalue weighted by Crippen LogP contribution is 2.22. The van der Waals surface area contributed by atoms with E-state index in [0.717, 1.165) is 5.56 Å². The van der Waals surface area contributed by atoms with E-state index in [-0.39, 0.29) is 12.2 Å². The van der Waals surface area contributed by atoms with Gasteiger partial charge < -0.3 is 10.5 Å². The molecule has 2 rings (SSSR count). The summed E-state index contributed by atoms with van der Waals surface area (Å²) in [6.45, 7) is 2.10. The smallest absolute Gasteiger partial charge is 0.124 e. The van der Waals surface area contributed by atoms with E-state index < -0.39 is 5.82 Å². The summed E-state index contributed by atoms with van der Waals surface area (Å²) in [5.41, 5.74) is 8.13. The van der Waals surface area contributed by atoms with E-state index >= 15 is 0 Å². The predicted molar refractivity (Wildman–Crippen MR) is 71.0 cm³/mol. The number of hydrogen-bond acceptors (Lipinski definition) is 3. The molecule has 96 valence electrons. The van der Waals surface area contributed by atoms with Crippen molar-refractivity contribution in [3.8, 4) is 11.8 Å². The topological polar surface area (TPSA) is 59.0 Å². The average molecular weight is 256 g/mol. The summed E-state index contributed by atoms with van der Waals surface area (Å²) in [6, 6.07) is 11.4. The fourth-order valence-corrected chi connectivity index (χ4v) is 1.73. The first-order valence-corrected chi connectivity index (χ1v) is 5.77. The molecule has 0 aliphatic rings. The van der Waals surface area contributed by atoms with E-state index in [1.165, 1.54) is 12.1 Å². The third-order valence-electron chi connectivity index (χ3n) is 2.69. The van der Waals surface area contributed by atoms with Gasteiger partial charge in [-0.1, -0.05) is 6.07 Å². The molecular weight excluding hydrogens is 243 g/mol. The van der Waals surface area contributed by atoms with Crippen molar-refractivity contribution in [2.75, 3.05) is 5.73 Å². The predicted octanol–water partition coefficient (Wildman–Crippen LogP) is 3.17. The van der Waals surface area contributed by atoms with Crippen molar-refractivity contribution in [1.29, 1.82) is 5.26 Å². The van der Waals surface area contributed by atoms with Crippen LogP contribution in [-0.4, -0.2) is 0 Å². The van der Waals surface area contributed by atoms with Crippen LogP contribution in [-0.2, 0) is 6.61 Å². The largest absolute Gasteiger partial charge is 0.489 e. The Hall–Kier alpha value is -2.54. The van der Waals surface area contributed by atoms with Crippen LogP contribution in [0.5, 0.6) is 5.75 Å². The number of anilines is 1. The van der Waals surface area contributed by atoms with Crippen LogP contribution in [0.1, 0.15) is 16.7 Å². The van der Waals surface area contributed by atoms with Crippen molar-refractivity contribution >= 4 is 5.69 Å². The Balaban J connectivity index is 2.17. The summed E-state index contributed by atoms with van der Waals surface area (Å²) < 4.78 is 18.9. The zero-order valence-corrected chi connectivity index (χ0v) is 10.5. The van der Waals surface area contributed by atoms with Crippen LogP contribution in [0, 0.1) is 24.1 Å². The van der Waals surface area contributed by atoms with Gasteiger partial charge in [0.15, 0.2) is 0 Å². The van der Waals surface area contributed by atoms with Crippen LogP contribution in [0.25, 0.3) is 0 Å². The first-order valence-electron chi connectivity index (χ1n) is 5.77. The van der Waals surface area contributed by atoms with Gasteiger partial charge in [-0.05, 0) is 42.3 Å². The molecule has 0 radical (unpaired) electrons. The van der Waals surface area contributed by atoms with E-state index in [9.17, 15) is 4.39 Å². The Kier molecular flexibility index (Phi) is 3.67. The highest BCUT2D eigenvalue weighted by Gasteiger charge is 2.04. The number of nitrogens with two attached hydrogens (primary N) is 1. The highest BCUT2D eigenvalue weighted by molar-refractivity contribution is 5.48. The second-order valence-electron chi connectivity index (χ2n) is 4.27. The maximum Gasteiger partial charge on any atom is 0.124 e. The first-order chi connectivity index (χ1) is 9.08. The van der Waals surface area contributed by atoms with Gasteiger partial charge in [0.2, 0.25) is 0 Å². The second kappa shape index (κ2) is 5.40. The lowest BCUT2D eigenvalue weighted by Crippen LogP contribution is -1.99. The van der Waals surface area contributed by atoms with E-state index in [1.807, 2.05) is 19.1 Å². The van der Waals surface area contributed by atoms with Gasteiger partial charge >= 0.3 is 0 Å². The molecule has 0 bridgehead atoms. The second-order valence-corrected chi connectivity index (χ2v) is 4.27. The van der Waals surface area contributed by atoms with Crippen molar-refractivity contribution in [3.63, 3.8) is 0 Å².